The molecule has 0 aromatic carbocycles. The zero-order valence-electron chi connectivity index (χ0n) is 11.8. The summed E-state index contributed by atoms with van der Waals surface area (Å²) in [7, 11) is 3.69. The Morgan fingerprint density at radius 3 is 3.15 bits per heavy atom. The molecule has 0 bridgehead atoms. The lowest BCUT2D eigenvalue weighted by Gasteiger charge is -2.37. The molecule has 1 fully saturated rings. The van der Waals surface area contributed by atoms with Gasteiger partial charge in [0, 0.05) is 36.1 Å². The number of aromatic nitrogens is 1. The highest BCUT2D eigenvalue weighted by Crippen LogP contribution is 2.26. The predicted molar refractivity (Wildman–Crippen MR) is 77.6 cm³/mol. The van der Waals surface area contributed by atoms with Crippen molar-refractivity contribution in [3.63, 3.8) is 0 Å². The van der Waals surface area contributed by atoms with E-state index in [0.29, 0.717) is 12.5 Å². The van der Waals surface area contributed by atoms with Crippen LogP contribution in [0, 0.1) is 0 Å². The molecule has 2 atom stereocenters. The van der Waals surface area contributed by atoms with Crippen LogP contribution in [0.2, 0.25) is 0 Å². The Labute approximate surface area is 122 Å². The van der Waals surface area contributed by atoms with Crippen LogP contribution < -0.4 is 10.2 Å². The first-order valence-electron chi connectivity index (χ1n) is 6.53. The number of ether oxygens (including phenoxy) is 1. The van der Waals surface area contributed by atoms with Crippen LogP contribution in [0.3, 0.4) is 0 Å². The number of likely N-dealkylation sites (N-methyl/N-ethyl adjacent to an activating group) is 1. The lowest BCUT2D eigenvalue weighted by atomic mass is 10.0. The van der Waals surface area contributed by atoms with Crippen LogP contribution in [-0.4, -0.2) is 44.4 Å². The van der Waals surface area contributed by atoms with Crippen LogP contribution in [0.15, 0.2) is 17.7 Å². The van der Waals surface area contributed by atoms with Gasteiger partial charge in [0.25, 0.3) is 0 Å². The Morgan fingerprint density at radius 1 is 1.70 bits per heavy atom. The Morgan fingerprint density at radius 2 is 2.50 bits per heavy atom. The third kappa shape index (κ3) is 3.47. The second-order valence-corrected chi connectivity index (χ2v) is 5.65. The zero-order chi connectivity index (χ0) is 14.5. The first-order chi connectivity index (χ1) is 9.67. The average molecular weight is 301 g/mol. The molecule has 1 N–H and O–H groups in total. The monoisotopic (exact) mass is 301 g/mol. The second-order valence-electron chi connectivity index (χ2n) is 4.82. The number of methoxy groups -OCH3 is 1. The normalized spacial score (nSPS) is 22.9. The summed E-state index contributed by atoms with van der Waals surface area (Å²) in [6, 6.07) is 0.371. The van der Waals surface area contributed by atoms with Gasteiger partial charge in [-0.25, -0.2) is 4.98 Å². The highest BCUT2D eigenvalue weighted by atomic mass is 32.1. The molecule has 0 amide bonds. The molecule has 0 unspecified atom stereocenters. The first kappa shape index (κ1) is 15.2. The van der Waals surface area contributed by atoms with E-state index in [-0.39, 0.29) is 11.9 Å². The van der Waals surface area contributed by atoms with Crippen molar-refractivity contribution >= 4 is 16.5 Å². The van der Waals surface area contributed by atoms with Gasteiger partial charge in [0.2, 0.25) is 0 Å². The quantitative estimate of drug-likeness (QED) is 0.813. The molecule has 0 spiro atoms. The van der Waals surface area contributed by atoms with E-state index in [1.54, 1.807) is 18.4 Å². The molecule has 1 aliphatic rings. The molecule has 7 heteroatoms. The molecule has 1 aromatic rings. The zero-order valence-corrected chi connectivity index (χ0v) is 12.6. The molecule has 1 aliphatic heterocycles. The minimum Gasteiger partial charge on any atom is -0.378 e. The van der Waals surface area contributed by atoms with Crippen LogP contribution >= 0.6 is 11.3 Å². The first-order valence-corrected chi connectivity index (χ1v) is 7.41. The Kier molecular flexibility index (Phi) is 5.33. The summed E-state index contributed by atoms with van der Waals surface area (Å²) in [5.74, 6) is 0.0745. The fourth-order valence-electron chi connectivity index (χ4n) is 2.41. The summed E-state index contributed by atoms with van der Waals surface area (Å²) in [5, 5.41) is 6.12. The van der Waals surface area contributed by atoms with Gasteiger partial charge in [0.05, 0.1) is 18.2 Å². The maximum Gasteiger partial charge on any atom is 0.185 e. The Bertz CT molecular complexity index is 455. The highest BCUT2D eigenvalue weighted by Gasteiger charge is 2.29. The lowest BCUT2D eigenvalue weighted by molar-refractivity contribution is -0.0846. The van der Waals surface area contributed by atoms with Gasteiger partial charge in [0.1, 0.15) is 5.76 Å². The maximum absolute atomic E-state index is 12.0. The van der Waals surface area contributed by atoms with Gasteiger partial charge in [0.15, 0.2) is 5.13 Å². The third-order valence-corrected chi connectivity index (χ3v) is 4.48. The van der Waals surface area contributed by atoms with Gasteiger partial charge in [-0.05, 0) is 13.5 Å². The minimum atomic E-state index is 0.0745. The number of allylic oxidation sites excluding steroid dienone is 1. The van der Waals surface area contributed by atoms with Gasteiger partial charge in [-0.15, -0.1) is 11.3 Å². The summed E-state index contributed by atoms with van der Waals surface area (Å²) in [4.78, 5) is 10.3. The van der Waals surface area contributed by atoms with Gasteiger partial charge >= 0.3 is 0 Å². The van der Waals surface area contributed by atoms with E-state index >= 15 is 0 Å². The van der Waals surface area contributed by atoms with E-state index in [1.807, 2.05) is 12.4 Å². The smallest absolute Gasteiger partial charge is 0.185 e. The van der Waals surface area contributed by atoms with E-state index in [2.05, 4.69) is 26.7 Å². The molecule has 5 nitrogen and oxygen atoms in total. The Hall–Kier alpha value is -1.18. The minimum absolute atomic E-state index is 0.0745. The van der Waals surface area contributed by atoms with E-state index in [0.717, 1.165) is 30.3 Å². The molecule has 2 rings (SSSR count). The molecule has 112 valence electrons. The Balaban J connectivity index is 2.00. The van der Waals surface area contributed by atoms with Crippen LogP contribution in [0.4, 0.5) is 9.66 Å². The van der Waals surface area contributed by atoms with Crippen molar-refractivity contribution in [2.24, 2.45) is 0 Å². The van der Waals surface area contributed by atoms with Crippen molar-refractivity contribution in [3.8, 4) is 0 Å². The van der Waals surface area contributed by atoms with Crippen molar-refractivity contribution in [1.29, 1.82) is 0 Å². The molecule has 0 radical (unpaired) electrons. The summed E-state index contributed by atoms with van der Waals surface area (Å²) in [6.45, 7) is 5.19. The van der Waals surface area contributed by atoms with E-state index in [9.17, 15) is 4.53 Å². The van der Waals surface area contributed by atoms with Crippen molar-refractivity contribution < 1.29 is 14.2 Å². The molecular weight excluding hydrogens is 281 g/mol. The third-order valence-electron chi connectivity index (χ3n) is 3.53. The molecule has 0 aliphatic carbocycles. The van der Waals surface area contributed by atoms with Crippen molar-refractivity contribution in [3.05, 3.63) is 23.4 Å². The van der Waals surface area contributed by atoms with Gasteiger partial charge in [-0.2, -0.15) is 0 Å². The molecular formula is C13H20FN3O2S. The summed E-state index contributed by atoms with van der Waals surface area (Å²) >= 11 is 1.55. The van der Waals surface area contributed by atoms with Crippen LogP contribution in [0.1, 0.15) is 12.1 Å². The van der Waals surface area contributed by atoms with Crippen LogP contribution in [0.25, 0.3) is 0 Å². The fraction of sp³-hybridized carbons (Fsp3) is 0.615. The van der Waals surface area contributed by atoms with Crippen LogP contribution in [0.5, 0.6) is 0 Å². The predicted octanol–water partition coefficient (Wildman–Crippen LogP) is 1.91. The van der Waals surface area contributed by atoms with Crippen molar-refractivity contribution in [2.45, 2.75) is 25.0 Å². The van der Waals surface area contributed by atoms with Crippen molar-refractivity contribution in [2.75, 3.05) is 32.1 Å². The summed E-state index contributed by atoms with van der Waals surface area (Å²) in [6.07, 6.45) is 1.45. The molecule has 20 heavy (non-hydrogen) atoms. The average Bonchev–Trinajstić information content (AvgIpc) is 2.94. The number of halogens is 1. The van der Waals surface area contributed by atoms with E-state index in [1.165, 1.54) is 0 Å². The largest absolute Gasteiger partial charge is 0.378 e. The number of anilines is 1. The molecule has 1 saturated heterocycles. The van der Waals surface area contributed by atoms with E-state index in [4.69, 9.17) is 4.74 Å². The number of thiazole rings is 1. The highest BCUT2D eigenvalue weighted by molar-refractivity contribution is 7.13. The number of hydrogen-bond donors (Lipinski definition) is 1. The lowest BCUT2D eigenvalue weighted by Crippen LogP contribution is -2.52. The second kappa shape index (κ2) is 7.01. The molecule has 0 saturated carbocycles. The number of piperidine rings is 1. The van der Waals surface area contributed by atoms with Crippen LogP contribution in [-0.2, 0) is 16.1 Å². The van der Waals surface area contributed by atoms with Gasteiger partial charge < -0.3 is 15.0 Å². The standard InChI is InChI=1S/C13H20FN3O2S/c1-9(19-14)6-10-8-20-13(16-10)17-5-4-11(15-2)12(7-17)18-3/h8,11-12,15H,1,4-7H2,2-3H3/t11-,12+/m1/s1. The SMILES string of the molecule is C=C(Cc1csc(N2CC[C@@H](NC)[C@@H](OC)C2)n1)OF. The number of hydrogen-bond acceptors (Lipinski definition) is 6. The maximum atomic E-state index is 12.0. The molecule has 2 heterocycles. The number of nitrogens with zero attached hydrogens (tertiary/aromatic N) is 2. The molecule has 1 aromatic heterocycles. The summed E-state index contributed by atoms with van der Waals surface area (Å²) in [5.41, 5.74) is 0.775. The van der Waals surface area contributed by atoms with Crippen molar-refractivity contribution in [1.82, 2.24) is 10.3 Å². The topological polar surface area (TPSA) is 46.6 Å². The van der Waals surface area contributed by atoms with Gasteiger partial charge in [-0.3, -0.25) is 4.94 Å². The van der Waals surface area contributed by atoms with Gasteiger partial charge in [-0.1, -0.05) is 6.58 Å². The summed E-state index contributed by atoms with van der Waals surface area (Å²) < 4.78 is 17.5. The number of nitrogens with one attached hydrogen (secondary N) is 1. The number of rotatable bonds is 6. The van der Waals surface area contributed by atoms with E-state index < -0.39 is 0 Å². The fourth-order valence-corrected chi connectivity index (χ4v) is 3.27.